The number of ether oxygens (including phenoxy) is 2. The Bertz CT molecular complexity index is 1000. The standard InChI is InChI=1S/C52H101O8P/c1-4-7-9-11-13-15-17-19-21-23-25-26-27-28-29-31-33-35-37-39-41-43-45-47-52(54)60-50(49-59-61(55,56)58-6-3)48-57-51(53)46-44-42-40-38-36-34-32-30-24-22-20-18-16-14-12-10-8-5-2/h23,25,50H,4-22,24,26-49H2,1-3H3,(H,55,56)/b25-23-. The lowest BCUT2D eigenvalue weighted by Gasteiger charge is -2.19. The number of carbonyl (C=O) groups excluding carboxylic acids is 2. The van der Waals surface area contributed by atoms with Gasteiger partial charge in [-0.05, 0) is 45.4 Å². The molecule has 0 spiro atoms. The molecule has 61 heavy (non-hydrogen) atoms. The lowest BCUT2D eigenvalue weighted by Crippen LogP contribution is -2.29. The molecular weight excluding hydrogens is 784 g/mol. The third kappa shape index (κ3) is 48.1. The Morgan fingerprint density at radius 1 is 0.426 bits per heavy atom. The summed E-state index contributed by atoms with van der Waals surface area (Å²) in [6, 6.07) is 0. The molecule has 9 heteroatoms. The fraction of sp³-hybridized carbons (Fsp3) is 0.923. The normalized spacial score (nSPS) is 13.2. The number of hydrogen-bond acceptors (Lipinski definition) is 7. The number of esters is 2. The SMILES string of the molecule is CCCCCCCCCC/C=C\CCCCCCCCCCCCCC(=O)OC(COC(=O)CCCCCCCCCCCCCCCCCCCC)COP(=O)(O)OCC. The fourth-order valence-electron chi connectivity index (χ4n) is 7.92. The highest BCUT2D eigenvalue weighted by atomic mass is 31.2. The molecule has 0 aromatic rings. The molecule has 0 heterocycles. The Labute approximate surface area is 378 Å². The Balaban J connectivity index is 3.92. The summed E-state index contributed by atoms with van der Waals surface area (Å²) in [5.41, 5.74) is 0. The number of allylic oxidation sites excluding steroid dienone is 2. The van der Waals surface area contributed by atoms with E-state index in [1.807, 2.05) is 0 Å². The molecule has 0 rings (SSSR count). The highest BCUT2D eigenvalue weighted by Crippen LogP contribution is 2.43. The van der Waals surface area contributed by atoms with Gasteiger partial charge in [-0.25, -0.2) is 4.57 Å². The molecule has 362 valence electrons. The molecule has 2 unspecified atom stereocenters. The van der Waals surface area contributed by atoms with Crippen molar-refractivity contribution in [1.82, 2.24) is 0 Å². The van der Waals surface area contributed by atoms with Gasteiger partial charge in [0.2, 0.25) is 0 Å². The zero-order valence-corrected chi connectivity index (χ0v) is 41.5. The Morgan fingerprint density at radius 3 is 1.08 bits per heavy atom. The molecule has 0 aliphatic heterocycles. The second-order valence-corrected chi connectivity index (χ2v) is 19.4. The molecular formula is C52H101O8P. The summed E-state index contributed by atoms with van der Waals surface area (Å²) >= 11 is 0. The van der Waals surface area contributed by atoms with Crippen molar-refractivity contribution in [2.75, 3.05) is 19.8 Å². The van der Waals surface area contributed by atoms with E-state index in [0.717, 1.165) is 38.5 Å². The van der Waals surface area contributed by atoms with Crippen LogP contribution in [0.4, 0.5) is 0 Å². The van der Waals surface area contributed by atoms with E-state index in [1.165, 1.54) is 212 Å². The van der Waals surface area contributed by atoms with Crippen molar-refractivity contribution in [2.24, 2.45) is 0 Å². The molecule has 8 nitrogen and oxygen atoms in total. The maximum atomic E-state index is 12.6. The predicted molar refractivity (Wildman–Crippen MR) is 258 cm³/mol. The quantitative estimate of drug-likeness (QED) is 0.0278. The van der Waals surface area contributed by atoms with E-state index >= 15 is 0 Å². The maximum Gasteiger partial charge on any atom is 0.472 e. The van der Waals surface area contributed by atoms with Crippen molar-refractivity contribution in [3.05, 3.63) is 12.2 Å². The second-order valence-electron chi connectivity index (χ2n) is 17.9. The van der Waals surface area contributed by atoms with Crippen LogP contribution in [0.2, 0.25) is 0 Å². The van der Waals surface area contributed by atoms with Gasteiger partial charge in [0.1, 0.15) is 6.61 Å². The molecule has 2 atom stereocenters. The van der Waals surface area contributed by atoms with E-state index in [-0.39, 0.29) is 32.2 Å². The lowest BCUT2D eigenvalue weighted by molar-refractivity contribution is -0.161. The van der Waals surface area contributed by atoms with Crippen LogP contribution in [0, 0.1) is 0 Å². The number of carbonyl (C=O) groups is 2. The minimum atomic E-state index is -4.28. The minimum Gasteiger partial charge on any atom is -0.462 e. The molecule has 0 radical (unpaired) electrons. The van der Waals surface area contributed by atoms with E-state index in [0.29, 0.717) is 6.42 Å². The van der Waals surface area contributed by atoms with Crippen LogP contribution in [0.1, 0.15) is 284 Å². The molecule has 0 bridgehead atoms. The van der Waals surface area contributed by atoms with Gasteiger partial charge in [0.25, 0.3) is 0 Å². The minimum absolute atomic E-state index is 0.00413. The monoisotopic (exact) mass is 885 g/mol. The van der Waals surface area contributed by atoms with Crippen molar-refractivity contribution in [2.45, 2.75) is 290 Å². The molecule has 0 saturated carbocycles. The average Bonchev–Trinajstić information content (AvgIpc) is 3.24. The van der Waals surface area contributed by atoms with E-state index in [1.54, 1.807) is 6.92 Å². The van der Waals surface area contributed by atoms with Gasteiger partial charge in [0.15, 0.2) is 6.10 Å². The van der Waals surface area contributed by atoms with Crippen LogP contribution in [0.3, 0.4) is 0 Å². The number of rotatable bonds is 50. The van der Waals surface area contributed by atoms with Crippen LogP contribution in [0.15, 0.2) is 12.2 Å². The molecule has 0 saturated heterocycles. The van der Waals surface area contributed by atoms with E-state index in [9.17, 15) is 19.0 Å². The Kier molecular flexibility index (Phi) is 47.3. The highest BCUT2D eigenvalue weighted by Gasteiger charge is 2.25. The highest BCUT2D eigenvalue weighted by molar-refractivity contribution is 7.47. The van der Waals surface area contributed by atoms with Crippen molar-refractivity contribution in [1.29, 1.82) is 0 Å². The van der Waals surface area contributed by atoms with Gasteiger partial charge in [-0.1, -0.05) is 238 Å². The van der Waals surface area contributed by atoms with Crippen LogP contribution >= 0.6 is 7.82 Å². The number of hydrogen-bond donors (Lipinski definition) is 1. The fourth-order valence-corrected chi connectivity index (χ4v) is 8.68. The van der Waals surface area contributed by atoms with Gasteiger partial charge in [-0.15, -0.1) is 0 Å². The zero-order chi connectivity index (χ0) is 44.6. The van der Waals surface area contributed by atoms with E-state index in [2.05, 4.69) is 26.0 Å². The number of phosphoric ester groups is 1. The molecule has 0 aliphatic rings. The summed E-state index contributed by atoms with van der Waals surface area (Å²) in [6.45, 7) is 5.54. The first-order valence-electron chi connectivity index (χ1n) is 26.5. The largest absolute Gasteiger partial charge is 0.472 e. The van der Waals surface area contributed by atoms with E-state index in [4.69, 9.17) is 18.5 Å². The predicted octanol–water partition coefficient (Wildman–Crippen LogP) is 17.2. The van der Waals surface area contributed by atoms with Crippen LogP contribution in [-0.2, 0) is 32.7 Å². The summed E-state index contributed by atoms with van der Waals surface area (Å²) in [4.78, 5) is 34.9. The third-order valence-electron chi connectivity index (χ3n) is 11.8. The topological polar surface area (TPSA) is 108 Å². The number of phosphoric acid groups is 1. The van der Waals surface area contributed by atoms with Crippen molar-refractivity contribution in [3.63, 3.8) is 0 Å². The van der Waals surface area contributed by atoms with E-state index < -0.39 is 19.9 Å². The molecule has 0 aromatic heterocycles. The Morgan fingerprint density at radius 2 is 0.738 bits per heavy atom. The van der Waals surface area contributed by atoms with Crippen LogP contribution in [0.5, 0.6) is 0 Å². The zero-order valence-electron chi connectivity index (χ0n) is 40.6. The maximum absolute atomic E-state index is 12.6. The summed E-state index contributed by atoms with van der Waals surface area (Å²) in [7, 11) is -4.28. The first-order chi connectivity index (χ1) is 29.8. The number of unbranched alkanes of at least 4 members (excludes halogenated alkanes) is 36. The van der Waals surface area contributed by atoms with Gasteiger partial charge < -0.3 is 14.4 Å². The molecule has 0 aromatic carbocycles. The van der Waals surface area contributed by atoms with Crippen LogP contribution in [0.25, 0.3) is 0 Å². The van der Waals surface area contributed by atoms with Gasteiger partial charge in [-0.2, -0.15) is 0 Å². The first kappa shape index (κ1) is 59.8. The molecule has 0 fully saturated rings. The van der Waals surface area contributed by atoms with Crippen molar-refractivity contribution >= 4 is 19.8 Å². The Hall–Kier alpha value is -1.21. The van der Waals surface area contributed by atoms with Crippen LogP contribution < -0.4 is 0 Å². The van der Waals surface area contributed by atoms with Gasteiger partial charge in [0.05, 0.1) is 13.2 Å². The molecule has 0 amide bonds. The smallest absolute Gasteiger partial charge is 0.462 e. The average molecular weight is 885 g/mol. The lowest BCUT2D eigenvalue weighted by atomic mass is 10.0. The van der Waals surface area contributed by atoms with Gasteiger partial charge >= 0.3 is 19.8 Å². The molecule has 1 N–H and O–H groups in total. The second kappa shape index (κ2) is 48.3. The van der Waals surface area contributed by atoms with Crippen molar-refractivity contribution < 1.29 is 37.6 Å². The summed E-state index contributed by atoms with van der Waals surface area (Å²) < 4.78 is 32.8. The summed E-state index contributed by atoms with van der Waals surface area (Å²) in [6.07, 6.45) is 54.2. The van der Waals surface area contributed by atoms with Crippen LogP contribution in [-0.4, -0.2) is 42.8 Å². The van der Waals surface area contributed by atoms with Crippen molar-refractivity contribution in [3.8, 4) is 0 Å². The third-order valence-corrected chi connectivity index (χ3v) is 12.9. The van der Waals surface area contributed by atoms with Gasteiger partial charge in [-0.3, -0.25) is 18.6 Å². The first-order valence-corrected chi connectivity index (χ1v) is 28.0. The summed E-state index contributed by atoms with van der Waals surface area (Å²) in [5, 5.41) is 0. The molecule has 0 aliphatic carbocycles. The van der Waals surface area contributed by atoms with Gasteiger partial charge in [0, 0.05) is 12.8 Å². The summed E-state index contributed by atoms with van der Waals surface area (Å²) in [5.74, 6) is -0.780.